The van der Waals surface area contributed by atoms with E-state index in [0.717, 1.165) is 6.42 Å². The lowest BCUT2D eigenvalue weighted by atomic mass is 10.1. The number of nitrogens with one attached hydrogen (secondary N) is 1. The second-order valence-electron chi connectivity index (χ2n) is 5.58. The fraction of sp³-hybridized carbons (Fsp3) is 0.588. The fourth-order valence-electron chi connectivity index (χ4n) is 2.47. The number of hydrogen-bond acceptors (Lipinski definition) is 5. The molecule has 1 N–H and O–H groups in total. The van der Waals surface area contributed by atoms with Gasteiger partial charge in [0.1, 0.15) is 6.04 Å². The number of carbonyl (C=O) groups excluding carboxylic acids is 3. The van der Waals surface area contributed by atoms with E-state index in [4.69, 9.17) is 4.74 Å². The van der Waals surface area contributed by atoms with Crippen molar-refractivity contribution in [2.24, 2.45) is 0 Å². The minimum atomic E-state index is -0.679. The summed E-state index contributed by atoms with van der Waals surface area (Å²) in [5.41, 5.74) is 0. The molecule has 7 heteroatoms. The zero-order valence-electron chi connectivity index (χ0n) is 14.3. The number of carbonyl (C=O) groups is 3. The zero-order chi connectivity index (χ0) is 17.9. The Hall–Kier alpha value is -2.15. The molecular weight excluding hydrogens is 310 g/mol. The second-order valence-corrected chi connectivity index (χ2v) is 5.58. The first-order chi connectivity index (χ1) is 11.5. The predicted molar refractivity (Wildman–Crippen MR) is 91.2 cm³/mol. The van der Waals surface area contributed by atoms with Gasteiger partial charge in [0.2, 0.25) is 11.8 Å². The van der Waals surface area contributed by atoms with Crippen LogP contribution in [0, 0.1) is 0 Å². The molecule has 134 valence electrons. The van der Waals surface area contributed by atoms with Crippen molar-refractivity contribution in [1.29, 1.82) is 0 Å². The average molecular weight is 337 g/mol. The summed E-state index contributed by atoms with van der Waals surface area (Å²) in [4.78, 5) is 39.7. The molecular formula is C17H27N3O4. The van der Waals surface area contributed by atoms with Gasteiger partial charge in [-0.1, -0.05) is 19.1 Å². The SMILES string of the molecule is C=CCN(CC=C)C(=O)CN1CCNC(=O)C1CC(=O)OCCC. The Morgan fingerprint density at radius 3 is 2.62 bits per heavy atom. The molecule has 0 aliphatic carbocycles. The Morgan fingerprint density at radius 1 is 1.38 bits per heavy atom. The minimum absolute atomic E-state index is 0.0535. The van der Waals surface area contributed by atoms with Gasteiger partial charge in [-0.15, -0.1) is 13.2 Å². The van der Waals surface area contributed by atoms with Crippen LogP contribution in [0.1, 0.15) is 19.8 Å². The van der Waals surface area contributed by atoms with Gasteiger partial charge >= 0.3 is 5.97 Å². The molecule has 1 atom stereocenters. The molecule has 1 unspecified atom stereocenters. The van der Waals surface area contributed by atoms with Crippen molar-refractivity contribution in [2.75, 3.05) is 39.3 Å². The van der Waals surface area contributed by atoms with Crippen LogP contribution < -0.4 is 5.32 Å². The van der Waals surface area contributed by atoms with Gasteiger partial charge in [-0.25, -0.2) is 0 Å². The molecule has 0 spiro atoms. The summed E-state index contributed by atoms with van der Waals surface area (Å²) in [7, 11) is 0. The number of nitrogens with zero attached hydrogens (tertiary/aromatic N) is 2. The summed E-state index contributed by atoms with van der Waals surface area (Å²) < 4.78 is 5.05. The van der Waals surface area contributed by atoms with Crippen LogP contribution in [0.25, 0.3) is 0 Å². The lowest BCUT2D eigenvalue weighted by Gasteiger charge is -2.35. The van der Waals surface area contributed by atoms with Crippen LogP contribution in [0.15, 0.2) is 25.3 Å². The van der Waals surface area contributed by atoms with Crippen molar-refractivity contribution in [1.82, 2.24) is 15.1 Å². The first-order valence-electron chi connectivity index (χ1n) is 8.20. The number of piperazine rings is 1. The first kappa shape index (κ1) is 19.9. The Bertz CT molecular complexity index is 468. The van der Waals surface area contributed by atoms with Gasteiger partial charge in [-0.3, -0.25) is 19.3 Å². The number of esters is 1. The first-order valence-corrected chi connectivity index (χ1v) is 8.20. The standard InChI is InChI=1S/C17H27N3O4/c1-4-8-19(9-5-2)15(21)13-20-10-7-18-17(23)14(20)12-16(22)24-11-6-3/h4-5,14H,1-2,6-13H2,3H3,(H,18,23). The van der Waals surface area contributed by atoms with E-state index in [2.05, 4.69) is 18.5 Å². The lowest BCUT2D eigenvalue weighted by molar-refractivity contribution is -0.149. The Labute approximate surface area is 143 Å². The Balaban J connectivity index is 2.71. The fourth-order valence-corrected chi connectivity index (χ4v) is 2.47. The molecule has 0 aromatic heterocycles. The minimum Gasteiger partial charge on any atom is -0.466 e. The van der Waals surface area contributed by atoms with Gasteiger partial charge in [0.15, 0.2) is 0 Å². The number of rotatable bonds is 10. The zero-order valence-corrected chi connectivity index (χ0v) is 14.3. The van der Waals surface area contributed by atoms with Gasteiger partial charge in [-0.2, -0.15) is 0 Å². The summed E-state index contributed by atoms with van der Waals surface area (Å²) >= 11 is 0. The number of ether oxygens (including phenoxy) is 1. The van der Waals surface area contributed by atoms with E-state index in [1.807, 2.05) is 6.92 Å². The van der Waals surface area contributed by atoms with Crippen molar-refractivity contribution < 1.29 is 19.1 Å². The third-order valence-corrected chi connectivity index (χ3v) is 3.66. The molecule has 1 aliphatic heterocycles. The Morgan fingerprint density at radius 2 is 2.04 bits per heavy atom. The second kappa shape index (κ2) is 10.6. The molecule has 0 aromatic rings. The molecule has 24 heavy (non-hydrogen) atoms. The Kier molecular flexibility index (Phi) is 8.78. The van der Waals surface area contributed by atoms with Crippen molar-refractivity contribution in [2.45, 2.75) is 25.8 Å². The molecule has 0 radical (unpaired) electrons. The molecule has 1 heterocycles. The molecule has 0 aromatic carbocycles. The van der Waals surface area contributed by atoms with Crippen LogP contribution >= 0.6 is 0 Å². The topological polar surface area (TPSA) is 79.0 Å². The van der Waals surface area contributed by atoms with Crippen molar-refractivity contribution >= 4 is 17.8 Å². The van der Waals surface area contributed by atoms with Gasteiger partial charge in [0, 0.05) is 26.2 Å². The quantitative estimate of drug-likeness (QED) is 0.459. The van der Waals surface area contributed by atoms with Crippen LogP contribution in [0.5, 0.6) is 0 Å². The molecule has 7 nitrogen and oxygen atoms in total. The van der Waals surface area contributed by atoms with Gasteiger partial charge in [-0.05, 0) is 6.42 Å². The maximum absolute atomic E-state index is 12.4. The van der Waals surface area contributed by atoms with E-state index in [-0.39, 0.29) is 24.8 Å². The molecule has 1 saturated heterocycles. The van der Waals surface area contributed by atoms with E-state index in [1.54, 1.807) is 22.0 Å². The van der Waals surface area contributed by atoms with Crippen LogP contribution in [-0.2, 0) is 19.1 Å². The molecule has 1 aliphatic rings. The predicted octanol–water partition coefficient (Wildman–Crippen LogP) is 0.331. The molecule has 2 amide bonds. The number of hydrogen-bond donors (Lipinski definition) is 1. The highest BCUT2D eigenvalue weighted by Gasteiger charge is 2.33. The largest absolute Gasteiger partial charge is 0.466 e. The molecule has 1 fully saturated rings. The summed E-state index contributed by atoms with van der Waals surface area (Å²) in [6.45, 7) is 11.4. The van der Waals surface area contributed by atoms with Gasteiger partial charge in [0.05, 0.1) is 19.6 Å². The van der Waals surface area contributed by atoms with E-state index in [1.165, 1.54) is 0 Å². The molecule has 1 rings (SSSR count). The summed E-state index contributed by atoms with van der Waals surface area (Å²) in [5.74, 6) is -0.802. The monoisotopic (exact) mass is 337 g/mol. The van der Waals surface area contributed by atoms with Crippen LogP contribution in [0.2, 0.25) is 0 Å². The normalized spacial score (nSPS) is 17.7. The van der Waals surface area contributed by atoms with Crippen LogP contribution in [0.3, 0.4) is 0 Å². The van der Waals surface area contributed by atoms with Crippen molar-refractivity contribution in [3.05, 3.63) is 25.3 Å². The third-order valence-electron chi connectivity index (χ3n) is 3.66. The highest BCUT2D eigenvalue weighted by molar-refractivity contribution is 5.88. The van der Waals surface area contributed by atoms with Crippen molar-refractivity contribution in [3.63, 3.8) is 0 Å². The maximum atomic E-state index is 12.4. The maximum Gasteiger partial charge on any atom is 0.307 e. The van der Waals surface area contributed by atoms with E-state index in [9.17, 15) is 14.4 Å². The molecule has 0 saturated carbocycles. The smallest absolute Gasteiger partial charge is 0.307 e. The van der Waals surface area contributed by atoms with Crippen LogP contribution in [0.4, 0.5) is 0 Å². The average Bonchev–Trinajstić information content (AvgIpc) is 2.55. The lowest BCUT2D eigenvalue weighted by Crippen LogP contribution is -2.58. The summed E-state index contributed by atoms with van der Waals surface area (Å²) in [5, 5.41) is 2.73. The highest BCUT2D eigenvalue weighted by atomic mass is 16.5. The summed E-state index contributed by atoms with van der Waals surface area (Å²) in [6, 6.07) is -0.679. The highest BCUT2D eigenvalue weighted by Crippen LogP contribution is 2.11. The van der Waals surface area contributed by atoms with Crippen LogP contribution in [-0.4, -0.2) is 73.0 Å². The molecule has 0 bridgehead atoms. The summed E-state index contributed by atoms with van der Waals surface area (Å²) in [6.07, 6.45) is 3.96. The van der Waals surface area contributed by atoms with Gasteiger partial charge < -0.3 is 15.0 Å². The third kappa shape index (κ3) is 6.16. The van der Waals surface area contributed by atoms with Crippen molar-refractivity contribution in [3.8, 4) is 0 Å². The van der Waals surface area contributed by atoms with E-state index in [0.29, 0.717) is 32.8 Å². The van der Waals surface area contributed by atoms with E-state index < -0.39 is 12.0 Å². The van der Waals surface area contributed by atoms with E-state index >= 15 is 0 Å². The number of amides is 2. The van der Waals surface area contributed by atoms with Gasteiger partial charge in [0.25, 0.3) is 0 Å².